The smallest absolute Gasteiger partial charge is 0.0606 e. The highest BCUT2D eigenvalue weighted by molar-refractivity contribution is 14.1. The molecular weight excluding hydrogens is 227 g/mol. The summed E-state index contributed by atoms with van der Waals surface area (Å²) in [6.45, 7) is 0. The van der Waals surface area contributed by atoms with Crippen molar-refractivity contribution in [1.82, 2.24) is 0 Å². The molecular formula is C7H11IO. The van der Waals surface area contributed by atoms with Crippen LogP contribution in [0.3, 0.4) is 0 Å². The van der Waals surface area contributed by atoms with Gasteiger partial charge in [0.05, 0.1) is 6.10 Å². The Morgan fingerprint density at radius 3 is 2.33 bits per heavy atom. The van der Waals surface area contributed by atoms with Gasteiger partial charge < -0.3 is 5.11 Å². The fraction of sp³-hybridized carbons (Fsp3) is 1.00. The van der Waals surface area contributed by atoms with E-state index in [4.69, 9.17) is 0 Å². The molecule has 9 heavy (non-hydrogen) atoms. The van der Waals surface area contributed by atoms with E-state index in [0.717, 1.165) is 3.92 Å². The summed E-state index contributed by atoms with van der Waals surface area (Å²) in [7, 11) is 0. The summed E-state index contributed by atoms with van der Waals surface area (Å²) in [6.07, 6.45) is 3.89. The second kappa shape index (κ2) is 2.09. The third kappa shape index (κ3) is 0.827. The highest BCUT2D eigenvalue weighted by Crippen LogP contribution is 2.47. The highest BCUT2D eigenvalue weighted by Gasteiger charge is 2.45. The van der Waals surface area contributed by atoms with Gasteiger partial charge in [0.25, 0.3) is 0 Å². The Balaban J connectivity index is 2.16. The summed E-state index contributed by atoms with van der Waals surface area (Å²) >= 11 is 2.48. The maximum atomic E-state index is 9.49. The van der Waals surface area contributed by atoms with Crippen LogP contribution in [0.1, 0.15) is 19.3 Å². The summed E-state index contributed by atoms with van der Waals surface area (Å²) < 4.78 is 0.774. The fourth-order valence-corrected chi connectivity index (χ4v) is 3.65. The number of halogens is 1. The second-order valence-corrected chi connectivity index (χ2v) is 4.84. The molecule has 2 heteroatoms. The van der Waals surface area contributed by atoms with Crippen LogP contribution >= 0.6 is 22.6 Å². The van der Waals surface area contributed by atoms with Crippen LogP contribution in [0.5, 0.6) is 0 Å². The van der Waals surface area contributed by atoms with Gasteiger partial charge in [0.15, 0.2) is 0 Å². The Bertz CT molecular complexity index is 126. The van der Waals surface area contributed by atoms with E-state index in [1.807, 2.05) is 0 Å². The van der Waals surface area contributed by atoms with Crippen LogP contribution in [0.2, 0.25) is 0 Å². The molecule has 2 saturated carbocycles. The first kappa shape index (κ1) is 6.40. The maximum Gasteiger partial charge on any atom is 0.0606 e. The third-order valence-electron chi connectivity index (χ3n) is 2.78. The summed E-state index contributed by atoms with van der Waals surface area (Å²) in [6, 6.07) is 0. The lowest BCUT2D eigenvalue weighted by molar-refractivity contribution is 0.129. The van der Waals surface area contributed by atoms with Crippen molar-refractivity contribution in [2.24, 2.45) is 11.8 Å². The number of alkyl halides is 1. The van der Waals surface area contributed by atoms with Gasteiger partial charge in [-0.1, -0.05) is 22.6 Å². The average Bonchev–Trinajstić information content (AvgIpc) is 2.25. The van der Waals surface area contributed by atoms with E-state index >= 15 is 0 Å². The van der Waals surface area contributed by atoms with Gasteiger partial charge in [-0.05, 0) is 31.1 Å². The molecule has 0 spiro atoms. The minimum atomic E-state index is 0.0619. The van der Waals surface area contributed by atoms with E-state index in [9.17, 15) is 5.11 Å². The van der Waals surface area contributed by atoms with Crippen molar-refractivity contribution in [1.29, 1.82) is 0 Å². The molecule has 2 bridgehead atoms. The summed E-state index contributed by atoms with van der Waals surface area (Å²) in [5.41, 5.74) is 0. The van der Waals surface area contributed by atoms with E-state index in [1.54, 1.807) is 0 Å². The Morgan fingerprint density at radius 1 is 1.33 bits per heavy atom. The molecule has 1 N–H and O–H groups in total. The van der Waals surface area contributed by atoms with Gasteiger partial charge in [0.2, 0.25) is 0 Å². The molecule has 2 rings (SSSR count). The van der Waals surface area contributed by atoms with Gasteiger partial charge >= 0.3 is 0 Å². The summed E-state index contributed by atoms with van der Waals surface area (Å²) in [5, 5.41) is 9.49. The molecule has 0 aromatic carbocycles. The lowest BCUT2D eigenvalue weighted by Gasteiger charge is -2.13. The molecule has 0 heterocycles. The second-order valence-electron chi connectivity index (χ2n) is 3.24. The lowest BCUT2D eigenvalue weighted by Crippen LogP contribution is -2.14. The molecule has 0 radical (unpaired) electrons. The van der Waals surface area contributed by atoms with Crippen molar-refractivity contribution < 1.29 is 5.11 Å². The van der Waals surface area contributed by atoms with Crippen LogP contribution < -0.4 is 0 Å². The maximum absolute atomic E-state index is 9.49. The number of rotatable bonds is 0. The van der Waals surface area contributed by atoms with E-state index < -0.39 is 0 Å². The molecule has 2 aliphatic carbocycles. The minimum Gasteiger partial charge on any atom is -0.393 e. The largest absolute Gasteiger partial charge is 0.393 e. The molecule has 0 aromatic heterocycles. The van der Waals surface area contributed by atoms with Crippen molar-refractivity contribution in [3.05, 3.63) is 0 Å². The Hall–Kier alpha value is 0.690. The van der Waals surface area contributed by atoms with E-state index in [2.05, 4.69) is 22.6 Å². The van der Waals surface area contributed by atoms with Gasteiger partial charge in [-0.15, -0.1) is 0 Å². The van der Waals surface area contributed by atoms with Gasteiger partial charge in [-0.3, -0.25) is 0 Å². The Labute approximate surface area is 69.0 Å². The normalized spacial score (nSPS) is 56.7. The molecule has 1 nitrogen and oxygen atoms in total. The molecule has 0 aromatic rings. The van der Waals surface area contributed by atoms with Gasteiger partial charge in [-0.2, -0.15) is 0 Å². The lowest BCUT2D eigenvalue weighted by atomic mass is 10.0. The molecule has 0 aliphatic heterocycles. The molecule has 0 saturated heterocycles. The Morgan fingerprint density at radius 2 is 2.11 bits per heavy atom. The average molecular weight is 238 g/mol. The quantitative estimate of drug-likeness (QED) is 0.501. The predicted octanol–water partition coefficient (Wildman–Crippen LogP) is 1.58. The standard InChI is InChI=1S/C7H11IO/c8-6-3-4-1-2-5(6)7(4)9/h4-7,9H,1-3H2/t4-,5-,6-,7-/m0/s1. The van der Waals surface area contributed by atoms with Crippen LogP contribution in [0.4, 0.5) is 0 Å². The van der Waals surface area contributed by atoms with Crippen LogP contribution in [0.15, 0.2) is 0 Å². The first-order valence-electron chi connectivity index (χ1n) is 3.61. The molecule has 52 valence electrons. The van der Waals surface area contributed by atoms with E-state index in [-0.39, 0.29) is 6.10 Å². The van der Waals surface area contributed by atoms with Crippen LogP contribution in [-0.4, -0.2) is 15.1 Å². The molecule has 0 amide bonds. The zero-order valence-corrected chi connectivity index (χ0v) is 7.41. The van der Waals surface area contributed by atoms with Crippen LogP contribution in [-0.2, 0) is 0 Å². The topological polar surface area (TPSA) is 20.2 Å². The summed E-state index contributed by atoms with van der Waals surface area (Å²) in [5.74, 6) is 1.31. The first-order valence-corrected chi connectivity index (χ1v) is 4.86. The molecule has 2 aliphatic rings. The van der Waals surface area contributed by atoms with Crippen LogP contribution in [0.25, 0.3) is 0 Å². The van der Waals surface area contributed by atoms with E-state index in [0.29, 0.717) is 11.8 Å². The van der Waals surface area contributed by atoms with Gasteiger partial charge in [0, 0.05) is 3.92 Å². The van der Waals surface area contributed by atoms with Crippen LogP contribution in [0, 0.1) is 11.8 Å². The number of fused-ring (bicyclic) bond motifs is 2. The van der Waals surface area contributed by atoms with Crippen molar-refractivity contribution in [3.8, 4) is 0 Å². The number of aliphatic hydroxyl groups excluding tert-OH is 1. The Kier molecular flexibility index (Phi) is 1.49. The molecule has 4 atom stereocenters. The van der Waals surface area contributed by atoms with Gasteiger partial charge in [0.1, 0.15) is 0 Å². The number of hydrogen-bond donors (Lipinski definition) is 1. The first-order chi connectivity index (χ1) is 4.29. The monoisotopic (exact) mass is 238 g/mol. The molecule has 2 fully saturated rings. The van der Waals surface area contributed by atoms with Crippen molar-refractivity contribution in [2.45, 2.75) is 29.3 Å². The minimum absolute atomic E-state index is 0.0619. The SMILES string of the molecule is O[C@H]1[C@H]2CC[C@H]1[C@@H](I)C2. The fourth-order valence-electron chi connectivity index (χ4n) is 2.21. The zero-order valence-electron chi connectivity index (χ0n) is 5.26. The van der Waals surface area contributed by atoms with Gasteiger partial charge in [-0.25, -0.2) is 0 Å². The third-order valence-corrected chi connectivity index (χ3v) is 4.22. The molecule has 0 unspecified atom stereocenters. The number of aliphatic hydroxyl groups is 1. The predicted molar refractivity (Wildman–Crippen MR) is 44.6 cm³/mol. The van der Waals surface area contributed by atoms with Crippen molar-refractivity contribution in [2.75, 3.05) is 0 Å². The van der Waals surface area contributed by atoms with Crippen molar-refractivity contribution >= 4 is 22.6 Å². The van der Waals surface area contributed by atoms with E-state index in [1.165, 1.54) is 19.3 Å². The summed E-state index contributed by atoms with van der Waals surface area (Å²) in [4.78, 5) is 0. The number of hydrogen-bond acceptors (Lipinski definition) is 1. The van der Waals surface area contributed by atoms with Crippen molar-refractivity contribution in [3.63, 3.8) is 0 Å². The zero-order chi connectivity index (χ0) is 6.43. The highest BCUT2D eigenvalue weighted by atomic mass is 127.